The van der Waals surface area contributed by atoms with E-state index in [1.54, 1.807) is 0 Å². The third-order valence-corrected chi connectivity index (χ3v) is 3.56. The van der Waals surface area contributed by atoms with Crippen LogP contribution in [0.1, 0.15) is 38.8 Å². The van der Waals surface area contributed by atoms with Crippen LogP contribution >= 0.6 is 0 Å². The van der Waals surface area contributed by atoms with E-state index in [-0.39, 0.29) is 5.41 Å². The van der Waals surface area contributed by atoms with Crippen LogP contribution in [0.2, 0.25) is 0 Å². The molecule has 0 fully saturated rings. The standard InChI is InChI=1S/C14H22N2/c1-10(2)16-8-11-7-12(15)5-6-13(11)14(3,4)9-16/h5-7,10H,8-9,15H2,1-4H3. The van der Waals surface area contributed by atoms with Gasteiger partial charge in [0.15, 0.2) is 0 Å². The molecule has 0 aliphatic carbocycles. The molecule has 0 bridgehead atoms. The summed E-state index contributed by atoms with van der Waals surface area (Å²) in [7, 11) is 0. The quantitative estimate of drug-likeness (QED) is 0.734. The topological polar surface area (TPSA) is 29.3 Å². The molecule has 16 heavy (non-hydrogen) atoms. The Bertz CT molecular complexity index is 394. The first-order valence-corrected chi connectivity index (χ1v) is 6.03. The number of hydrogen-bond acceptors (Lipinski definition) is 2. The molecule has 2 nitrogen and oxygen atoms in total. The van der Waals surface area contributed by atoms with Crippen LogP contribution in [0.4, 0.5) is 5.69 Å². The van der Waals surface area contributed by atoms with Crippen molar-refractivity contribution in [1.82, 2.24) is 4.90 Å². The molecule has 0 saturated carbocycles. The van der Waals surface area contributed by atoms with Crippen LogP contribution in [0.25, 0.3) is 0 Å². The fourth-order valence-electron chi connectivity index (χ4n) is 2.64. The molecular formula is C14H22N2. The molecule has 1 aromatic rings. The van der Waals surface area contributed by atoms with E-state index in [0.717, 1.165) is 18.8 Å². The minimum atomic E-state index is 0.228. The molecule has 1 aliphatic rings. The van der Waals surface area contributed by atoms with Crippen molar-refractivity contribution in [2.24, 2.45) is 0 Å². The van der Waals surface area contributed by atoms with Crippen molar-refractivity contribution in [3.05, 3.63) is 29.3 Å². The van der Waals surface area contributed by atoms with E-state index < -0.39 is 0 Å². The molecule has 0 radical (unpaired) electrons. The SMILES string of the molecule is CC(C)N1Cc2cc(N)ccc2C(C)(C)C1. The number of nitrogens with zero attached hydrogens (tertiary/aromatic N) is 1. The highest BCUT2D eigenvalue weighted by Gasteiger charge is 2.32. The summed E-state index contributed by atoms with van der Waals surface area (Å²) < 4.78 is 0. The van der Waals surface area contributed by atoms with E-state index in [2.05, 4.69) is 44.7 Å². The van der Waals surface area contributed by atoms with Crippen molar-refractivity contribution in [2.45, 2.75) is 45.7 Å². The zero-order valence-electron chi connectivity index (χ0n) is 10.7. The number of nitrogens with two attached hydrogens (primary N) is 1. The van der Waals surface area contributed by atoms with Crippen LogP contribution in [0, 0.1) is 0 Å². The third kappa shape index (κ3) is 1.94. The molecule has 0 amide bonds. The monoisotopic (exact) mass is 218 g/mol. The molecule has 2 heteroatoms. The second-order valence-electron chi connectivity index (χ2n) is 5.80. The van der Waals surface area contributed by atoms with Crippen LogP contribution in [-0.4, -0.2) is 17.5 Å². The third-order valence-electron chi connectivity index (χ3n) is 3.56. The first-order valence-electron chi connectivity index (χ1n) is 6.03. The van der Waals surface area contributed by atoms with Crippen molar-refractivity contribution in [3.8, 4) is 0 Å². The highest BCUT2D eigenvalue weighted by molar-refractivity contribution is 5.48. The molecule has 1 heterocycles. The number of fused-ring (bicyclic) bond motifs is 1. The fourth-order valence-corrected chi connectivity index (χ4v) is 2.64. The van der Waals surface area contributed by atoms with Crippen molar-refractivity contribution in [1.29, 1.82) is 0 Å². The molecule has 0 unspecified atom stereocenters. The molecule has 0 atom stereocenters. The van der Waals surface area contributed by atoms with E-state index in [0.29, 0.717) is 6.04 Å². The van der Waals surface area contributed by atoms with Crippen molar-refractivity contribution < 1.29 is 0 Å². The van der Waals surface area contributed by atoms with Gasteiger partial charge in [0.05, 0.1) is 0 Å². The summed E-state index contributed by atoms with van der Waals surface area (Å²) in [4.78, 5) is 2.52. The Morgan fingerprint density at radius 3 is 2.62 bits per heavy atom. The van der Waals surface area contributed by atoms with Crippen LogP contribution < -0.4 is 5.73 Å². The maximum atomic E-state index is 5.87. The lowest BCUT2D eigenvalue weighted by Gasteiger charge is -2.42. The molecular weight excluding hydrogens is 196 g/mol. The Balaban J connectivity index is 2.43. The Kier molecular flexibility index (Phi) is 2.70. The zero-order chi connectivity index (χ0) is 11.9. The highest BCUT2D eigenvalue weighted by Crippen LogP contribution is 2.34. The van der Waals surface area contributed by atoms with E-state index >= 15 is 0 Å². The van der Waals surface area contributed by atoms with Crippen LogP contribution in [0.5, 0.6) is 0 Å². The predicted molar refractivity (Wildman–Crippen MR) is 69.4 cm³/mol. The fraction of sp³-hybridized carbons (Fsp3) is 0.571. The molecule has 0 spiro atoms. The van der Waals surface area contributed by atoms with Gasteiger partial charge in [0, 0.05) is 30.2 Å². The number of hydrogen-bond donors (Lipinski definition) is 1. The summed E-state index contributed by atoms with van der Waals surface area (Å²) >= 11 is 0. The number of rotatable bonds is 1. The maximum absolute atomic E-state index is 5.87. The molecule has 0 saturated heterocycles. The van der Waals surface area contributed by atoms with Gasteiger partial charge in [-0.3, -0.25) is 4.90 Å². The number of benzene rings is 1. The Labute approximate surface area is 98.4 Å². The summed E-state index contributed by atoms with van der Waals surface area (Å²) in [5, 5.41) is 0. The lowest BCUT2D eigenvalue weighted by Crippen LogP contribution is -2.45. The van der Waals surface area contributed by atoms with Gasteiger partial charge in [-0.25, -0.2) is 0 Å². The molecule has 2 rings (SSSR count). The average molecular weight is 218 g/mol. The largest absolute Gasteiger partial charge is 0.399 e. The highest BCUT2D eigenvalue weighted by atomic mass is 15.2. The lowest BCUT2D eigenvalue weighted by molar-refractivity contribution is 0.155. The number of anilines is 1. The summed E-state index contributed by atoms with van der Waals surface area (Å²) in [6, 6.07) is 6.94. The first kappa shape index (κ1) is 11.5. The number of nitrogen functional groups attached to an aromatic ring is 1. The van der Waals surface area contributed by atoms with Crippen LogP contribution in [-0.2, 0) is 12.0 Å². The summed E-state index contributed by atoms with van der Waals surface area (Å²) in [6.45, 7) is 11.3. The Morgan fingerprint density at radius 1 is 1.31 bits per heavy atom. The minimum Gasteiger partial charge on any atom is -0.399 e. The average Bonchev–Trinajstić information content (AvgIpc) is 2.15. The van der Waals surface area contributed by atoms with E-state index in [1.807, 2.05) is 6.07 Å². The van der Waals surface area contributed by atoms with E-state index in [9.17, 15) is 0 Å². The van der Waals surface area contributed by atoms with Gasteiger partial charge in [0.25, 0.3) is 0 Å². The van der Waals surface area contributed by atoms with Gasteiger partial charge >= 0.3 is 0 Å². The smallest absolute Gasteiger partial charge is 0.0317 e. The summed E-state index contributed by atoms with van der Waals surface area (Å²) in [5.41, 5.74) is 9.83. The van der Waals surface area contributed by atoms with Crippen LogP contribution in [0.3, 0.4) is 0 Å². The maximum Gasteiger partial charge on any atom is 0.0317 e. The van der Waals surface area contributed by atoms with E-state index in [1.165, 1.54) is 11.1 Å². The molecule has 1 aliphatic heterocycles. The van der Waals surface area contributed by atoms with Gasteiger partial charge in [-0.1, -0.05) is 19.9 Å². The van der Waals surface area contributed by atoms with Gasteiger partial charge in [-0.2, -0.15) is 0 Å². The molecule has 0 aromatic heterocycles. The predicted octanol–water partition coefficient (Wildman–Crippen LogP) is 2.77. The Hall–Kier alpha value is -1.02. The second kappa shape index (κ2) is 3.77. The Morgan fingerprint density at radius 2 is 2.00 bits per heavy atom. The van der Waals surface area contributed by atoms with Gasteiger partial charge in [0.1, 0.15) is 0 Å². The minimum absolute atomic E-state index is 0.228. The summed E-state index contributed by atoms with van der Waals surface area (Å²) in [5.74, 6) is 0. The summed E-state index contributed by atoms with van der Waals surface area (Å²) in [6.07, 6.45) is 0. The zero-order valence-corrected chi connectivity index (χ0v) is 10.7. The van der Waals surface area contributed by atoms with Crippen LogP contribution in [0.15, 0.2) is 18.2 Å². The van der Waals surface area contributed by atoms with Gasteiger partial charge in [-0.05, 0) is 37.1 Å². The van der Waals surface area contributed by atoms with E-state index in [4.69, 9.17) is 5.73 Å². The van der Waals surface area contributed by atoms with Crippen molar-refractivity contribution >= 4 is 5.69 Å². The van der Waals surface area contributed by atoms with Gasteiger partial charge in [-0.15, -0.1) is 0 Å². The molecule has 2 N–H and O–H groups in total. The second-order valence-corrected chi connectivity index (χ2v) is 5.80. The normalized spacial score (nSPS) is 19.8. The first-order chi connectivity index (χ1) is 7.40. The molecule has 1 aromatic carbocycles. The van der Waals surface area contributed by atoms with Crippen molar-refractivity contribution in [3.63, 3.8) is 0 Å². The van der Waals surface area contributed by atoms with Crippen molar-refractivity contribution in [2.75, 3.05) is 12.3 Å². The van der Waals surface area contributed by atoms with Gasteiger partial charge < -0.3 is 5.73 Å². The van der Waals surface area contributed by atoms with Gasteiger partial charge in [0.2, 0.25) is 0 Å². The molecule has 88 valence electrons. The lowest BCUT2D eigenvalue weighted by atomic mass is 9.78.